The molecule has 6 nitrogen and oxygen atoms in total. The minimum absolute atomic E-state index is 0.0242. The highest BCUT2D eigenvalue weighted by Crippen LogP contribution is 2.31. The summed E-state index contributed by atoms with van der Waals surface area (Å²) in [5, 5.41) is 11.5. The molecule has 23 heavy (non-hydrogen) atoms. The Hall–Kier alpha value is -2.22. The van der Waals surface area contributed by atoms with Crippen molar-refractivity contribution in [3.05, 3.63) is 40.7 Å². The number of halogens is 1. The Kier molecular flexibility index (Phi) is 4.71. The maximum atomic E-state index is 13.1. The van der Waals surface area contributed by atoms with Crippen LogP contribution in [0.25, 0.3) is 0 Å². The van der Waals surface area contributed by atoms with Crippen molar-refractivity contribution in [2.45, 2.75) is 31.8 Å². The number of nitrogen functional groups attached to an aromatic ring is 1. The fourth-order valence-electron chi connectivity index (χ4n) is 2.80. The van der Waals surface area contributed by atoms with Crippen molar-refractivity contribution >= 4 is 22.5 Å². The normalized spacial score (nSPS) is 18.0. The number of amides is 2. The number of aromatic nitrogens is 2. The predicted molar refractivity (Wildman–Crippen MR) is 86.3 cm³/mol. The summed E-state index contributed by atoms with van der Waals surface area (Å²) in [7, 11) is 0. The van der Waals surface area contributed by atoms with E-state index >= 15 is 0 Å². The van der Waals surface area contributed by atoms with Gasteiger partial charge in [-0.25, -0.2) is 9.18 Å². The zero-order chi connectivity index (χ0) is 16.2. The van der Waals surface area contributed by atoms with Gasteiger partial charge < -0.3 is 16.0 Å². The first kappa shape index (κ1) is 15.7. The molecule has 122 valence electrons. The number of carbonyl (C=O) groups excluding carboxylic acids is 1. The van der Waals surface area contributed by atoms with Crippen LogP contribution in [0.1, 0.15) is 35.9 Å². The smallest absolute Gasteiger partial charge is 0.318 e. The summed E-state index contributed by atoms with van der Waals surface area (Å²) < 4.78 is 13.1. The Morgan fingerprint density at radius 1 is 1.35 bits per heavy atom. The van der Waals surface area contributed by atoms with E-state index in [1.807, 2.05) is 0 Å². The van der Waals surface area contributed by atoms with Crippen molar-refractivity contribution in [1.29, 1.82) is 0 Å². The first-order valence-electron chi connectivity index (χ1n) is 7.51. The van der Waals surface area contributed by atoms with Crippen LogP contribution < -0.4 is 11.1 Å². The summed E-state index contributed by atoms with van der Waals surface area (Å²) >= 11 is 1.26. The van der Waals surface area contributed by atoms with Gasteiger partial charge in [0.25, 0.3) is 0 Å². The van der Waals surface area contributed by atoms with Gasteiger partial charge in [0.2, 0.25) is 5.13 Å². The average molecular weight is 335 g/mol. The number of piperidine rings is 1. The molecule has 0 bridgehead atoms. The fraction of sp³-hybridized carbons (Fsp3) is 0.400. The van der Waals surface area contributed by atoms with E-state index in [0.717, 1.165) is 24.8 Å². The molecular weight excluding hydrogens is 317 g/mol. The zero-order valence-electron chi connectivity index (χ0n) is 12.5. The van der Waals surface area contributed by atoms with Crippen molar-refractivity contribution in [3.63, 3.8) is 0 Å². The molecule has 1 aromatic carbocycles. The highest BCUT2D eigenvalue weighted by Gasteiger charge is 2.27. The van der Waals surface area contributed by atoms with E-state index in [-0.39, 0.29) is 17.9 Å². The number of hydrogen-bond acceptors (Lipinski definition) is 5. The summed E-state index contributed by atoms with van der Waals surface area (Å²) in [6.07, 6.45) is 2.90. The van der Waals surface area contributed by atoms with Crippen LogP contribution in [-0.4, -0.2) is 27.7 Å². The van der Waals surface area contributed by atoms with E-state index in [4.69, 9.17) is 5.73 Å². The van der Waals surface area contributed by atoms with Gasteiger partial charge in [0.05, 0.1) is 12.6 Å². The molecule has 3 rings (SSSR count). The number of rotatable bonds is 3. The largest absolute Gasteiger partial charge is 0.374 e. The van der Waals surface area contributed by atoms with E-state index in [0.29, 0.717) is 23.2 Å². The lowest BCUT2D eigenvalue weighted by Crippen LogP contribution is -2.44. The number of nitrogens with two attached hydrogens (primary N) is 1. The van der Waals surface area contributed by atoms with Gasteiger partial charge in [0.1, 0.15) is 10.8 Å². The molecule has 0 aliphatic carbocycles. The van der Waals surface area contributed by atoms with Crippen molar-refractivity contribution in [3.8, 4) is 0 Å². The van der Waals surface area contributed by atoms with Crippen molar-refractivity contribution in [2.75, 3.05) is 12.3 Å². The monoisotopic (exact) mass is 335 g/mol. The second-order valence-electron chi connectivity index (χ2n) is 5.45. The van der Waals surface area contributed by atoms with Gasteiger partial charge in [-0.05, 0) is 37.0 Å². The Balaban J connectivity index is 1.67. The molecule has 1 saturated heterocycles. The van der Waals surface area contributed by atoms with Gasteiger partial charge >= 0.3 is 6.03 Å². The lowest BCUT2D eigenvalue weighted by molar-refractivity contribution is 0.151. The van der Waals surface area contributed by atoms with Crippen LogP contribution >= 0.6 is 11.3 Å². The standard InChI is InChI=1S/C15H18FN5OS/c16-11-6-4-10(5-7-11)12-3-1-2-8-21(12)15(22)18-9-13-19-20-14(17)23-13/h4-7,12H,1-3,8-9H2,(H2,17,20)(H,18,22)/t12-/m0/s1. The van der Waals surface area contributed by atoms with Gasteiger partial charge in [0, 0.05) is 6.54 Å². The topological polar surface area (TPSA) is 84.1 Å². The third-order valence-electron chi connectivity index (χ3n) is 3.89. The van der Waals surface area contributed by atoms with Crippen LogP contribution in [0, 0.1) is 5.82 Å². The zero-order valence-corrected chi connectivity index (χ0v) is 13.4. The molecule has 0 radical (unpaired) electrons. The minimum Gasteiger partial charge on any atom is -0.374 e. The Labute approximate surface area is 137 Å². The molecular formula is C15H18FN5OS. The molecule has 1 aliphatic heterocycles. The van der Waals surface area contributed by atoms with Crippen LogP contribution in [0.15, 0.2) is 24.3 Å². The number of nitrogens with zero attached hydrogens (tertiary/aromatic N) is 3. The molecule has 0 spiro atoms. The molecule has 1 aliphatic rings. The second-order valence-corrected chi connectivity index (χ2v) is 6.54. The molecule has 3 N–H and O–H groups in total. The maximum Gasteiger partial charge on any atom is 0.318 e. The quantitative estimate of drug-likeness (QED) is 0.903. The van der Waals surface area contributed by atoms with E-state index in [2.05, 4.69) is 15.5 Å². The van der Waals surface area contributed by atoms with Crippen LogP contribution in [0.4, 0.5) is 14.3 Å². The second kappa shape index (κ2) is 6.91. The van der Waals surface area contributed by atoms with E-state index in [1.165, 1.54) is 23.5 Å². The third kappa shape index (κ3) is 3.76. The molecule has 2 aromatic rings. The highest BCUT2D eigenvalue weighted by molar-refractivity contribution is 7.15. The molecule has 2 heterocycles. The number of anilines is 1. The molecule has 0 saturated carbocycles. The number of carbonyl (C=O) groups is 1. The number of likely N-dealkylation sites (tertiary alicyclic amines) is 1. The van der Waals surface area contributed by atoms with E-state index < -0.39 is 0 Å². The fourth-order valence-corrected chi connectivity index (χ4v) is 3.35. The Morgan fingerprint density at radius 2 is 2.13 bits per heavy atom. The molecule has 1 fully saturated rings. The molecule has 1 aromatic heterocycles. The average Bonchev–Trinajstić information content (AvgIpc) is 2.99. The highest BCUT2D eigenvalue weighted by atomic mass is 32.1. The third-order valence-corrected chi connectivity index (χ3v) is 4.64. The van der Waals surface area contributed by atoms with Crippen molar-refractivity contribution in [1.82, 2.24) is 20.4 Å². The first-order valence-corrected chi connectivity index (χ1v) is 8.33. The number of urea groups is 1. The lowest BCUT2D eigenvalue weighted by Gasteiger charge is -2.36. The summed E-state index contributed by atoms with van der Waals surface area (Å²) in [6, 6.07) is 6.19. The van der Waals surface area contributed by atoms with E-state index in [9.17, 15) is 9.18 Å². The van der Waals surface area contributed by atoms with Crippen molar-refractivity contribution in [2.24, 2.45) is 0 Å². The number of benzene rings is 1. The van der Waals surface area contributed by atoms with Gasteiger partial charge in [-0.2, -0.15) is 0 Å². The van der Waals surface area contributed by atoms with E-state index in [1.54, 1.807) is 17.0 Å². The van der Waals surface area contributed by atoms with Gasteiger partial charge in [-0.15, -0.1) is 10.2 Å². The summed E-state index contributed by atoms with van der Waals surface area (Å²) in [6.45, 7) is 0.993. The van der Waals surface area contributed by atoms with Gasteiger partial charge in [-0.1, -0.05) is 23.5 Å². The Bertz CT molecular complexity index is 675. The van der Waals surface area contributed by atoms with Crippen molar-refractivity contribution < 1.29 is 9.18 Å². The van der Waals surface area contributed by atoms with Crippen LogP contribution in [0.5, 0.6) is 0 Å². The number of hydrogen-bond donors (Lipinski definition) is 2. The first-order chi connectivity index (χ1) is 11.1. The SMILES string of the molecule is Nc1nnc(CNC(=O)N2CCCC[C@H]2c2ccc(F)cc2)s1. The summed E-state index contributed by atoms with van der Waals surface area (Å²) in [5.41, 5.74) is 6.49. The maximum absolute atomic E-state index is 13.1. The lowest BCUT2D eigenvalue weighted by atomic mass is 9.95. The molecule has 8 heteroatoms. The van der Waals surface area contributed by atoms with Gasteiger partial charge in [0.15, 0.2) is 0 Å². The molecule has 0 unspecified atom stereocenters. The summed E-state index contributed by atoms with van der Waals surface area (Å²) in [4.78, 5) is 14.3. The number of nitrogens with one attached hydrogen (secondary N) is 1. The Morgan fingerprint density at radius 3 is 2.83 bits per heavy atom. The molecule has 2 amide bonds. The summed E-state index contributed by atoms with van der Waals surface area (Å²) in [5.74, 6) is -0.269. The predicted octanol–water partition coefficient (Wildman–Crippen LogP) is 2.70. The van der Waals surface area contributed by atoms with Gasteiger partial charge in [-0.3, -0.25) is 0 Å². The van der Waals surface area contributed by atoms with Crippen LogP contribution in [-0.2, 0) is 6.54 Å². The van der Waals surface area contributed by atoms with Crippen LogP contribution in [0.2, 0.25) is 0 Å². The van der Waals surface area contributed by atoms with Crippen LogP contribution in [0.3, 0.4) is 0 Å². The minimum atomic E-state index is -0.269. The molecule has 1 atom stereocenters.